The molecule has 2 aromatic rings. The maximum Gasteiger partial charge on any atom is 0.142 e. The van der Waals surface area contributed by atoms with Crippen molar-refractivity contribution in [3.05, 3.63) is 57.7 Å². The van der Waals surface area contributed by atoms with Gasteiger partial charge in [-0.05, 0) is 30.7 Å². The average molecular weight is 289 g/mol. The van der Waals surface area contributed by atoms with Crippen LogP contribution in [0.25, 0.3) is 0 Å². The first-order valence-electron chi connectivity index (χ1n) is 5.28. The number of furan rings is 1. The molecular formula is C13H11Cl2FO2. The van der Waals surface area contributed by atoms with Gasteiger partial charge in [-0.25, -0.2) is 4.39 Å². The highest BCUT2D eigenvalue weighted by molar-refractivity contribution is 6.35. The maximum atomic E-state index is 13.4. The third-order valence-electron chi connectivity index (χ3n) is 2.72. The van der Waals surface area contributed by atoms with Crippen LogP contribution in [0.1, 0.15) is 18.1 Å². The van der Waals surface area contributed by atoms with Crippen LogP contribution >= 0.6 is 23.2 Å². The van der Waals surface area contributed by atoms with Crippen molar-refractivity contribution in [2.45, 2.75) is 18.9 Å². The predicted octanol–water partition coefficient (Wildman–Crippen LogP) is 4.18. The van der Waals surface area contributed by atoms with Gasteiger partial charge in [-0.1, -0.05) is 23.2 Å². The maximum absolute atomic E-state index is 13.4. The molecule has 0 saturated heterocycles. The van der Waals surface area contributed by atoms with Gasteiger partial charge in [-0.3, -0.25) is 0 Å². The molecule has 0 fully saturated rings. The largest absolute Gasteiger partial charge is 0.472 e. The van der Waals surface area contributed by atoms with Crippen LogP contribution in [0, 0.1) is 5.82 Å². The van der Waals surface area contributed by atoms with Crippen molar-refractivity contribution in [3.63, 3.8) is 0 Å². The number of aliphatic hydroxyl groups is 1. The van der Waals surface area contributed by atoms with Crippen LogP contribution in [0.5, 0.6) is 0 Å². The highest BCUT2D eigenvalue weighted by Gasteiger charge is 2.27. The smallest absolute Gasteiger partial charge is 0.142 e. The molecule has 5 heteroatoms. The molecule has 0 amide bonds. The Morgan fingerprint density at radius 1 is 1.33 bits per heavy atom. The van der Waals surface area contributed by atoms with Gasteiger partial charge in [0.25, 0.3) is 0 Å². The molecule has 1 unspecified atom stereocenters. The molecular weight excluding hydrogens is 278 g/mol. The molecule has 0 aliphatic carbocycles. The van der Waals surface area contributed by atoms with Crippen molar-refractivity contribution in [2.24, 2.45) is 0 Å². The number of benzene rings is 1. The summed E-state index contributed by atoms with van der Waals surface area (Å²) in [6.45, 7) is 1.56. The molecule has 1 aromatic heterocycles. The number of hydrogen-bond donors (Lipinski definition) is 1. The van der Waals surface area contributed by atoms with Crippen molar-refractivity contribution in [1.29, 1.82) is 0 Å². The second-order valence-corrected chi connectivity index (χ2v) is 5.14. The fourth-order valence-electron chi connectivity index (χ4n) is 1.82. The van der Waals surface area contributed by atoms with E-state index in [1.807, 2.05) is 0 Å². The fraction of sp³-hybridized carbons (Fsp3) is 0.231. The van der Waals surface area contributed by atoms with Gasteiger partial charge in [0.2, 0.25) is 0 Å². The normalized spacial score (nSPS) is 14.5. The van der Waals surface area contributed by atoms with Gasteiger partial charge in [0.15, 0.2) is 0 Å². The average Bonchev–Trinajstić information content (AvgIpc) is 2.75. The SMILES string of the molecule is CC(O)(Cc1ccoc1)c1cc(F)c(Cl)cc1Cl. The van der Waals surface area contributed by atoms with E-state index in [1.165, 1.54) is 18.6 Å². The zero-order chi connectivity index (χ0) is 13.3. The predicted molar refractivity (Wildman–Crippen MR) is 68.4 cm³/mol. The summed E-state index contributed by atoms with van der Waals surface area (Å²) in [5, 5.41) is 10.6. The summed E-state index contributed by atoms with van der Waals surface area (Å²) in [6, 6.07) is 4.18. The third-order valence-corrected chi connectivity index (χ3v) is 3.32. The minimum absolute atomic E-state index is 0.0668. The molecule has 1 aromatic carbocycles. The highest BCUT2D eigenvalue weighted by atomic mass is 35.5. The van der Waals surface area contributed by atoms with Crippen LogP contribution < -0.4 is 0 Å². The number of rotatable bonds is 3. The Bertz CT molecular complexity index is 550. The molecule has 0 radical (unpaired) electrons. The molecule has 0 aliphatic heterocycles. The van der Waals surface area contributed by atoms with Crippen molar-refractivity contribution in [1.82, 2.24) is 0 Å². The molecule has 0 saturated carbocycles. The lowest BCUT2D eigenvalue weighted by atomic mass is 9.90. The van der Waals surface area contributed by atoms with E-state index in [9.17, 15) is 9.50 Å². The summed E-state index contributed by atoms with van der Waals surface area (Å²) in [6.07, 6.45) is 3.30. The highest BCUT2D eigenvalue weighted by Crippen LogP contribution is 2.34. The molecule has 96 valence electrons. The van der Waals surface area contributed by atoms with Crippen LogP contribution in [0.3, 0.4) is 0 Å². The van der Waals surface area contributed by atoms with Gasteiger partial charge >= 0.3 is 0 Å². The molecule has 0 spiro atoms. The van der Waals surface area contributed by atoms with Crippen LogP contribution in [-0.2, 0) is 12.0 Å². The first-order chi connectivity index (χ1) is 8.40. The van der Waals surface area contributed by atoms with Gasteiger partial charge in [0.1, 0.15) is 5.82 Å². The first-order valence-corrected chi connectivity index (χ1v) is 6.04. The Kier molecular flexibility index (Phi) is 3.66. The van der Waals surface area contributed by atoms with Crippen molar-refractivity contribution in [3.8, 4) is 0 Å². The molecule has 0 bridgehead atoms. The van der Waals surface area contributed by atoms with E-state index >= 15 is 0 Å². The lowest BCUT2D eigenvalue weighted by Gasteiger charge is -2.24. The minimum atomic E-state index is -1.30. The Morgan fingerprint density at radius 3 is 2.67 bits per heavy atom. The van der Waals surface area contributed by atoms with Crippen LogP contribution in [0.2, 0.25) is 10.0 Å². The summed E-state index contributed by atoms with van der Waals surface area (Å²) in [5.74, 6) is -0.608. The Labute approximate surface area is 114 Å². The summed E-state index contributed by atoms with van der Waals surface area (Å²) < 4.78 is 18.4. The number of halogens is 3. The monoisotopic (exact) mass is 288 g/mol. The lowest BCUT2D eigenvalue weighted by Crippen LogP contribution is -2.24. The van der Waals surface area contributed by atoms with Gasteiger partial charge in [0.05, 0.1) is 23.2 Å². The Balaban J connectivity index is 2.37. The summed E-state index contributed by atoms with van der Waals surface area (Å²) in [4.78, 5) is 0. The van der Waals surface area contributed by atoms with Crippen molar-refractivity contribution < 1.29 is 13.9 Å². The summed E-state index contributed by atoms with van der Waals surface area (Å²) in [7, 11) is 0. The summed E-state index contributed by atoms with van der Waals surface area (Å²) >= 11 is 11.6. The van der Waals surface area contributed by atoms with Crippen LogP contribution in [-0.4, -0.2) is 5.11 Å². The van der Waals surface area contributed by atoms with Gasteiger partial charge < -0.3 is 9.52 Å². The van der Waals surface area contributed by atoms with Gasteiger partial charge in [-0.2, -0.15) is 0 Å². The molecule has 1 N–H and O–H groups in total. The van der Waals surface area contributed by atoms with Crippen molar-refractivity contribution >= 4 is 23.2 Å². The molecule has 1 atom stereocenters. The third kappa shape index (κ3) is 2.69. The number of hydrogen-bond acceptors (Lipinski definition) is 2. The van der Waals surface area contributed by atoms with Crippen LogP contribution in [0.4, 0.5) is 4.39 Å². The van der Waals surface area contributed by atoms with E-state index in [1.54, 1.807) is 13.0 Å². The second-order valence-electron chi connectivity index (χ2n) is 4.33. The quantitative estimate of drug-likeness (QED) is 0.860. The molecule has 2 nitrogen and oxygen atoms in total. The summed E-state index contributed by atoms with van der Waals surface area (Å²) in [5.41, 5.74) is -0.203. The Morgan fingerprint density at radius 2 is 2.06 bits per heavy atom. The van der Waals surface area contributed by atoms with E-state index in [2.05, 4.69) is 0 Å². The van der Waals surface area contributed by atoms with E-state index < -0.39 is 11.4 Å². The van der Waals surface area contributed by atoms with E-state index in [-0.39, 0.29) is 16.5 Å². The van der Waals surface area contributed by atoms with Gasteiger partial charge in [0, 0.05) is 17.0 Å². The second kappa shape index (κ2) is 4.92. The van der Waals surface area contributed by atoms with Crippen molar-refractivity contribution in [2.75, 3.05) is 0 Å². The topological polar surface area (TPSA) is 33.4 Å². The standard InChI is InChI=1S/C13H11Cl2FO2/c1-13(17,6-8-2-3-18-7-8)9-4-12(16)11(15)5-10(9)14/h2-5,7,17H,6H2,1H3. The zero-order valence-electron chi connectivity index (χ0n) is 9.58. The molecule has 2 rings (SSSR count). The molecule has 18 heavy (non-hydrogen) atoms. The Hall–Kier alpha value is -1.03. The minimum Gasteiger partial charge on any atom is -0.472 e. The van der Waals surface area contributed by atoms with E-state index in [0.29, 0.717) is 5.56 Å². The molecule has 1 heterocycles. The van der Waals surface area contributed by atoms with Crippen LogP contribution in [0.15, 0.2) is 35.1 Å². The zero-order valence-corrected chi connectivity index (χ0v) is 11.1. The lowest BCUT2D eigenvalue weighted by molar-refractivity contribution is 0.0572. The fourth-order valence-corrected chi connectivity index (χ4v) is 2.41. The van der Waals surface area contributed by atoms with E-state index in [4.69, 9.17) is 27.6 Å². The molecule has 0 aliphatic rings. The van der Waals surface area contributed by atoms with E-state index in [0.717, 1.165) is 11.6 Å². The van der Waals surface area contributed by atoms with Gasteiger partial charge in [-0.15, -0.1) is 0 Å². The first kappa shape index (κ1) is 13.4.